The van der Waals surface area contributed by atoms with E-state index < -0.39 is 0 Å². The Morgan fingerprint density at radius 1 is 1.11 bits per heavy atom. The maximum atomic E-state index is 13.0. The third kappa shape index (κ3) is 3.89. The highest BCUT2D eigenvalue weighted by Crippen LogP contribution is 2.46. The van der Waals surface area contributed by atoms with Crippen LogP contribution in [-0.4, -0.2) is 74.7 Å². The van der Waals surface area contributed by atoms with E-state index >= 15 is 0 Å². The maximum absolute atomic E-state index is 13.0. The molecule has 190 valence electrons. The average molecular weight is 506 g/mol. The highest BCUT2D eigenvalue weighted by atomic mass is 32.1. The number of amides is 2. The molecule has 2 aliphatic rings. The zero-order valence-corrected chi connectivity index (χ0v) is 22.4. The summed E-state index contributed by atoms with van der Waals surface area (Å²) in [5.41, 5.74) is 7.16. The third-order valence-electron chi connectivity index (χ3n) is 7.91. The predicted molar refractivity (Wildman–Crippen MR) is 145 cm³/mol. The number of nitrogens with zero attached hydrogens (tertiary/aromatic N) is 5. The molecule has 4 aromatic heterocycles. The Morgan fingerprint density at radius 3 is 2.56 bits per heavy atom. The summed E-state index contributed by atoms with van der Waals surface area (Å²) in [6.07, 6.45) is 5.77. The van der Waals surface area contributed by atoms with Gasteiger partial charge in [0.1, 0.15) is 11.2 Å². The second-order valence-electron chi connectivity index (χ2n) is 10.6. The number of aromatic amines is 1. The van der Waals surface area contributed by atoms with Gasteiger partial charge in [0.15, 0.2) is 5.65 Å². The molecule has 0 aromatic carbocycles. The number of carbonyl (C=O) groups excluding carboxylic acids is 1. The van der Waals surface area contributed by atoms with E-state index in [-0.39, 0.29) is 6.03 Å². The van der Waals surface area contributed by atoms with Crippen molar-refractivity contribution < 1.29 is 4.79 Å². The van der Waals surface area contributed by atoms with Gasteiger partial charge in [-0.2, -0.15) is 5.10 Å². The molecular formula is C27H35N7OS. The number of rotatable bonds is 3. The summed E-state index contributed by atoms with van der Waals surface area (Å²) in [5, 5.41) is 9.10. The molecule has 2 saturated heterocycles. The second-order valence-corrected chi connectivity index (χ2v) is 11.6. The molecule has 6 heterocycles. The Morgan fingerprint density at radius 2 is 1.83 bits per heavy atom. The lowest BCUT2D eigenvalue weighted by atomic mass is 9.90. The molecule has 4 aromatic rings. The van der Waals surface area contributed by atoms with Gasteiger partial charge in [0.25, 0.3) is 0 Å². The molecule has 0 aliphatic carbocycles. The molecule has 0 bridgehead atoms. The topological polar surface area (TPSA) is 81.6 Å². The fourth-order valence-corrected chi connectivity index (χ4v) is 7.46. The number of hydrogen-bond acceptors (Lipinski definition) is 5. The number of H-pyrrole nitrogens is 1. The number of likely N-dealkylation sites (tertiary alicyclic amines) is 1. The van der Waals surface area contributed by atoms with Crippen LogP contribution in [0.4, 0.5) is 4.79 Å². The summed E-state index contributed by atoms with van der Waals surface area (Å²) < 4.78 is 1.87. The van der Waals surface area contributed by atoms with Gasteiger partial charge in [-0.15, -0.1) is 11.3 Å². The quantitative estimate of drug-likeness (QED) is 0.416. The Hall–Kier alpha value is -2.91. The van der Waals surface area contributed by atoms with Crippen molar-refractivity contribution in [1.29, 1.82) is 0 Å². The highest BCUT2D eigenvalue weighted by molar-refractivity contribution is 7.19. The van der Waals surface area contributed by atoms with Crippen LogP contribution >= 0.6 is 11.3 Å². The number of thiophene rings is 1. The van der Waals surface area contributed by atoms with Crippen molar-refractivity contribution in [3.63, 3.8) is 0 Å². The number of aryl methyl sites for hydroxylation is 2. The smallest absolute Gasteiger partial charge is 0.320 e. The van der Waals surface area contributed by atoms with Crippen LogP contribution in [-0.2, 0) is 0 Å². The predicted octanol–water partition coefficient (Wildman–Crippen LogP) is 4.88. The van der Waals surface area contributed by atoms with E-state index in [4.69, 9.17) is 0 Å². The van der Waals surface area contributed by atoms with Gasteiger partial charge in [0, 0.05) is 61.3 Å². The molecular weight excluding hydrogens is 470 g/mol. The van der Waals surface area contributed by atoms with Crippen LogP contribution in [0.5, 0.6) is 0 Å². The van der Waals surface area contributed by atoms with Crippen molar-refractivity contribution in [2.75, 3.05) is 39.3 Å². The second kappa shape index (κ2) is 9.19. The normalized spacial score (nSPS) is 17.7. The number of urea groups is 1. The number of piperazine rings is 1. The van der Waals surface area contributed by atoms with E-state index in [0.717, 1.165) is 68.9 Å². The molecule has 8 nitrogen and oxygen atoms in total. The lowest BCUT2D eigenvalue weighted by Gasteiger charge is -2.37. The molecule has 0 radical (unpaired) electrons. The van der Waals surface area contributed by atoms with Crippen molar-refractivity contribution in [3.05, 3.63) is 40.2 Å². The minimum absolute atomic E-state index is 0.219. The van der Waals surface area contributed by atoms with Crippen LogP contribution < -0.4 is 5.32 Å². The van der Waals surface area contributed by atoms with E-state index in [2.05, 4.69) is 65.2 Å². The SMILES string of the molecule is Cc1c(C2CCN(C(=O)N3CCNCC3)CC2)sc2[nH]c(-c3cc(C)c4ncnn4c3)c(C(C)C)c12. The standard InChI is InChI=1S/C27H35N7OS/c1-16(2)21-22-18(4)24(19-5-9-32(10-6-19)27(35)33-11-7-28-8-12-33)36-26(22)31-23(21)20-13-17(3)25-29-15-30-34(25)14-20/h13-16,19,28,31H,5-12H2,1-4H3. The first kappa shape index (κ1) is 23.5. The Labute approximate surface area is 215 Å². The largest absolute Gasteiger partial charge is 0.346 e. The number of piperidine rings is 1. The Balaban J connectivity index is 1.28. The number of nitrogens with one attached hydrogen (secondary N) is 2. The number of hydrogen-bond donors (Lipinski definition) is 2. The van der Waals surface area contributed by atoms with Crippen molar-refractivity contribution in [3.8, 4) is 11.3 Å². The molecule has 0 unspecified atom stereocenters. The molecule has 2 aliphatic heterocycles. The van der Waals surface area contributed by atoms with E-state index in [9.17, 15) is 4.79 Å². The molecule has 36 heavy (non-hydrogen) atoms. The van der Waals surface area contributed by atoms with Gasteiger partial charge in [-0.1, -0.05) is 13.8 Å². The summed E-state index contributed by atoms with van der Waals surface area (Å²) in [6, 6.07) is 2.43. The maximum Gasteiger partial charge on any atom is 0.320 e. The molecule has 6 rings (SSSR count). The molecule has 0 atom stereocenters. The lowest BCUT2D eigenvalue weighted by molar-refractivity contribution is 0.134. The van der Waals surface area contributed by atoms with Crippen molar-refractivity contribution >= 4 is 33.2 Å². The zero-order chi connectivity index (χ0) is 25.0. The third-order valence-corrected chi connectivity index (χ3v) is 9.28. The van der Waals surface area contributed by atoms with E-state index in [1.165, 1.54) is 31.9 Å². The fraction of sp³-hybridized carbons (Fsp3) is 0.519. The van der Waals surface area contributed by atoms with Gasteiger partial charge in [-0.25, -0.2) is 14.3 Å². The number of carbonyl (C=O) groups is 1. The van der Waals surface area contributed by atoms with Crippen LogP contribution in [0.2, 0.25) is 0 Å². The molecule has 0 spiro atoms. The van der Waals surface area contributed by atoms with E-state index in [1.54, 1.807) is 6.33 Å². The Bertz CT molecular complexity index is 1420. The zero-order valence-electron chi connectivity index (χ0n) is 21.6. The number of aromatic nitrogens is 4. The average Bonchev–Trinajstić information content (AvgIpc) is 3.59. The first-order valence-electron chi connectivity index (χ1n) is 13.1. The van der Waals surface area contributed by atoms with E-state index in [0.29, 0.717) is 11.8 Å². The van der Waals surface area contributed by atoms with Crippen molar-refractivity contribution in [2.24, 2.45) is 0 Å². The molecule has 2 amide bonds. The van der Waals surface area contributed by atoms with Crippen LogP contribution in [0, 0.1) is 13.8 Å². The van der Waals surface area contributed by atoms with Gasteiger partial charge < -0.3 is 20.1 Å². The van der Waals surface area contributed by atoms with Gasteiger partial charge in [0.2, 0.25) is 0 Å². The molecule has 0 saturated carbocycles. The molecule has 9 heteroatoms. The summed E-state index contributed by atoms with van der Waals surface area (Å²) in [4.78, 5) is 27.9. The van der Waals surface area contributed by atoms with Crippen LogP contribution in [0.1, 0.15) is 60.1 Å². The molecule has 2 fully saturated rings. The Kier molecular flexibility index (Phi) is 6.00. The summed E-state index contributed by atoms with van der Waals surface area (Å²) in [5.74, 6) is 0.903. The minimum Gasteiger partial charge on any atom is -0.346 e. The van der Waals surface area contributed by atoms with Crippen LogP contribution in [0.15, 0.2) is 18.6 Å². The van der Waals surface area contributed by atoms with Crippen LogP contribution in [0.3, 0.4) is 0 Å². The van der Waals surface area contributed by atoms with Gasteiger partial charge >= 0.3 is 6.03 Å². The van der Waals surface area contributed by atoms with Crippen molar-refractivity contribution in [1.82, 2.24) is 34.7 Å². The summed E-state index contributed by atoms with van der Waals surface area (Å²) in [6.45, 7) is 14.1. The fourth-order valence-electron chi connectivity index (χ4n) is 6.06. The first-order chi connectivity index (χ1) is 17.4. The minimum atomic E-state index is 0.219. The van der Waals surface area contributed by atoms with Gasteiger partial charge in [-0.05, 0) is 61.3 Å². The molecule has 2 N–H and O–H groups in total. The van der Waals surface area contributed by atoms with Gasteiger partial charge in [-0.3, -0.25) is 0 Å². The summed E-state index contributed by atoms with van der Waals surface area (Å²) in [7, 11) is 0. The summed E-state index contributed by atoms with van der Waals surface area (Å²) >= 11 is 1.91. The lowest BCUT2D eigenvalue weighted by Crippen LogP contribution is -2.52. The monoisotopic (exact) mass is 505 g/mol. The van der Waals surface area contributed by atoms with E-state index in [1.807, 2.05) is 20.8 Å². The van der Waals surface area contributed by atoms with Crippen molar-refractivity contribution in [2.45, 2.75) is 52.4 Å². The van der Waals surface area contributed by atoms with Gasteiger partial charge in [0.05, 0.1) is 5.69 Å². The highest BCUT2D eigenvalue weighted by Gasteiger charge is 2.31. The van der Waals surface area contributed by atoms with Crippen LogP contribution in [0.25, 0.3) is 27.1 Å². The first-order valence-corrected chi connectivity index (χ1v) is 13.9. The number of pyridine rings is 1. The number of fused-ring (bicyclic) bond motifs is 2.